The van der Waals surface area contributed by atoms with Gasteiger partial charge >= 0.3 is 0 Å². The summed E-state index contributed by atoms with van der Waals surface area (Å²) in [6.45, 7) is 6.53. The monoisotopic (exact) mass is 317 g/mol. The number of hydrogen-bond acceptors (Lipinski definition) is 3. The van der Waals surface area contributed by atoms with E-state index in [1.807, 2.05) is 47.8 Å². The number of amides is 1. The highest BCUT2D eigenvalue weighted by molar-refractivity contribution is 7.10. The SMILES string of the molecule is CC(C)CO[C@@H](C)C(=O)N[C@H](c1ccccc1)c1cccs1. The second-order valence-corrected chi connectivity index (χ2v) is 6.72. The molecule has 0 radical (unpaired) electrons. The fourth-order valence-corrected chi connectivity index (χ4v) is 2.89. The van der Waals surface area contributed by atoms with Gasteiger partial charge in [-0.2, -0.15) is 0 Å². The molecule has 2 atom stereocenters. The van der Waals surface area contributed by atoms with Gasteiger partial charge in [0.15, 0.2) is 0 Å². The van der Waals surface area contributed by atoms with Gasteiger partial charge in [0, 0.05) is 11.5 Å². The topological polar surface area (TPSA) is 38.3 Å². The first-order chi connectivity index (χ1) is 10.6. The van der Waals surface area contributed by atoms with Gasteiger partial charge in [-0.05, 0) is 29.9 Å². The van der Waals surface area contributed by atoms with Crippen LogP contribution in [0.5, 0.6) is 0 Å². The Morgan fingerprint density at radius 3 is 2.45 bits per heavy atom. The van der Waals surface area contributed by atoms with Crippen LogP contribution in [0.15, 0.2) is 47.8 Å². The van der Waals surface area contributed by atoms with Gasteiger partial charge in [-0.3, -0.25) is 4.79 Å². The second kappa shape index (κ2) is 8.11. The van der Waals surface area contributed by atoms with Crippen molar-refractivity contribution in [3.05, 3.63) is 58.3 Å². The number of thiophene rings is 1. The van der Waals surface area contributed by atoms with E-state index in [-0.39, 0.29) is 11.9 Å². The second-order valence-electron chi connectivity index (χ2n) is 5.74. The van der Waals surface area contributed by atoms with Crippen LogP contribution in [0.25, 0.3) is 0 Å². The summed E-state index contributed by atoms with van der Waals surface area (Å²) < 4.78 is 5.61. The summed E-state index contributed by atoms with van der Waals surface area (Å²) in [7, 11) is 0. The lowest BCUT2D eigenvalue weighted by atomic mass is 10.1. The van der Waals surface area contributed by atoms with Gasteiger partial charge in [-0.25, -0.2) is 0 Å². The predicted octanol–water partition coefficient (Wildman–Crippen LogP) is 4.01. The molecule has 3 nitrogen and oxygen atoms in total. The Morgan fingerprint density at radius 2 is 1.86 bits per heavy atom. The van der Waals surface area contributed by atoms with E-state index in [1.54, 1.807) is 18.3 Å². The summed E-state index contributed by atoms with van der Waals surface area (Å²) in [4.78, 5) is 13.5. The van der Waals surface area contributed by atoms with E-state index in [0.29, 0.717) is 12.5 Å². The average Bonchev–Trinajstić information content (AvgIpc) is 3.04. The Labute approximate surface area is 136 Å². The lowest BCUT2D eigenvalue weighted by Gasteiger charge is -2.21. The van der Waals surface area contributed by atoms with Gasteiger partial charge in [0.2, 0.25) is 5.91 Å². The maximum absolute atomic E-state index is 12.4. The molecule has 1 amide bonds. The Kier molecular flexibility index (Phi) is 6.16. The normalized spacial score (nSPS) is 13.8. The van der Waals surface area contributed by atoms with Crippen LogP contribution in [0.1, 0.15) is 37.3 Å². The van der Waals surface area contributed by atoms with Gasteiger partial charge in [0.05, 0.1) is 6.04 Å². The lowest BCUT2D eigenvalue weighted by molar-refractivity contribution is -0.132. The fourth-order valence-electron chi connectivity index (χ4n) is 2.09. The van der Waals surface area contributed by atoms with E-state index in [4.69, 9.17) is 4.74 Å². The van der Waals surface area contributed by atoms with Crippen molar-refractivity contribution in [3.63, 3.8) is 0 Å². The van der Waals surface area contributed by atoms with Crippen molar-refractivity contribution in [2.24, 2.45) is 5.92 Å². The van der Waals surface area contributed by atoms with Crippen LogP contribution < -0.4 is 5.32 Å². The van der Waals surface area contributed by atoms with E-state index in [9.17, 15) is 4.79 Å². The molecule has 2 rings (SSSR count). The fraction of sp³-hybridized carbons (Fsp3) is 0.389. The molecule has 118 valence electrons. The zero-order valence-corrected chi connectivity index (χ0v) is 14.1. The van der Waals surface area contributed by atoms with Gasteiger partial charge in [0.1, 0.15) is 6.10 Å². The van der Waals surface area contributed by atoms with Crippen molar-refractivity contribution >= 4 is 17.2 Å². The van der Waals surface area contributed by atoms with Gasteiger partial charge < -0.3 is 10.1 Å². The highest BCUT2D eigenvalue weighted by Gasteiger charge is 2.21. The molecule has 0 saturated carbocycles. The Bertz CT molecular complexity index is 566. The third kappa shape index (κ3) is 4.68. The highest BCUT2D eigenvalue weighted by atomic mass is 32.1. The zero-order chi connectivity index (χ0) is 15.9. The molecule has 0 aliphatic carbocycles. The molecule has 0 bridgehead atoms. The Morgan fingerprint density at radius 1 is 1.14 bits per heavy atom. The highest BCUT2D eigenvalue weighted by Crippen LogP contribution is 2.26. The molecular weight excluding hydrogens is 294 g/mol. The summed E-state index contributed by atoms with van der Waals surface area (Å²) in [6, 6.07) is 13.9. The molecule has 0 aliphatic rings. The standard InChI is InChI=1S/C18H23NO2S/c1-13(2)12-21-14(3)18(20)19-17(16-10-7-11-22-16)15-8-5-4-6-9-15/h4-11,13-14,17H,12H2,1-3H3,(H,19,20)/t14-,17+/m0/s1. The van der Waals surface area contributed by atoms with E-state index in [0.717, 1.165) is 10.4 Å². The summed E-state index contributed by atoms with van der Waals surface area (Å²) in [5, 5.41) is 5.13. The molecule has 4 heteroatoms. The Balaban J connectivity index is 2.09. The molecule has 0 unspecified atom stereocenters. The quantitative estimate of drug-likeness (QED) is 0.838. The van der Waals surface area contributed by atoms with Gasteiger partial charge in [0.25, 0.3) is 0 Å². The molecule has 0 fully saturated rings. The van der Waals surface area contributed by atoms with Crippen molar-refractivity contribution in [2.45, 2.75) is 32.9 Å². The van der Waals surface area contributed by atoms with E-state index in [1.165, 1.54) is 0 Å². The largest absolute Gasteiger partial charge is 0.368 e. The lowest BCUT2D eigenvalue weighted by Crippen LogP contribution is -2.37. The van der Waals surface area contributed by atoms with E-state index >= 15 is 0 Å². The molecular formula is C18H23NO2S. The van der Waals surface area contributed by atoms with Crippen molar-refractivity contribution < 1.29 is 9.53 Å². The molecule has 2 aromatic rings. The van der Waals surface area contributed by atoms with Crippen LogP contribution in [0.3, 0.4) is 0 Å². The summed E-state index contributed by atoms with van der Waals surface area (Å²) in [6.07, 6.45) is -0.450. The number of ether oxygens (including phenoxy) is 1. The maximum Gasteiger partial charge on any atom is 0.249 e. The number of hydrogen-bond donors (Lipinski definition) is 1. The molecule has 1 aromatic heterocycles. The summed E-state index contributed by atoms with van der Waals surface area (Å²) in [5.41, 5.74) is 1.08. The van der Waals surface area contributed by atoms with Gasteiger partial charge in [-0.15, -0.1) is 11.3 Å². The first kappa shape index (κ1) is 16.7. The number of rotatable bonds is 7. The van der Waals surface area contributed by atoms with Crippen molar-refractivity contribution in [1.29, 1.82) is 0 Å². The molecule has 1 heterocycles. The molecule has 0 spiro atoms. The molecule has 1 aromatic carbocycles. The average molecular weight is 317 g/mol. The van der Waals surface area contributed by atoms with Crippen LogP contribution in [-0.4, -0.2) is 18.6 Å². The van der Waals surface area contributed by atoms with Crippen molar-refractivity contribution in [2.75, 3.05) is 6.61 Å². The van der Waals surface area contributed by atoms with E-state index < -0.39 is 6.10 Å². The number of nitrogens with one attached hydrogen (secondary N) is 1. The van der Waals surface area contributed by atoms with Gasteiger partial charge in [-0.1, -0.05) is 50.2 Å². The van der Waals surface area contributed by atoms with Crippen LogP contribution in [0, 0.1) is 5.92 Å². The predicted molar refractivity (Wildman–Crippen MR) is 91.0 cm³/mol. The van der Waals surface area contributed by atoms with Crippen LogP contribution in [0.2, 0.25) is 0 Å². The van der Waals surface area contributed by atoms with E-state index in [2.05, 4.69) is 19.2 Å². The number of benzene rings is 1. The van der Waals surface area contributed by atoms with Crippen molar-refractivity contribution in [3.8, 4) is 0 Å². The third-order valence-electron chi connectivity index (χ3n) is 3.30. The minimum atomic E-state index is -0.450. The summed E-state index contributed by atoms with van der Waals surface area (Å²) >= 11 is 1.64. The van der Waals surface area contributed by atoms with Crippen LogP contribution >= 0.6 is 11.3 Å². The molecule has 22 heavy (non-hydrogen) atoms. The minimum absolute atomic E-state index is 0.0806. The smallest absolute Gasteiger partial charge is 0.249 e. The first-order valence-corrected chi connectivity index (χ1v) is 8.46. The minimum Gasteiger partial charge on any atom is -0.368 e. The molecule has 0 aliphatic heterocycles. The Hall–Kier alpha value is -1.65. The number of carbonyl (C=O) groups excluding carboxylic acids is 1. The number of carbonyl (C=O) groups is 1. The van der Waals surface area contributed by atoms with Crippen LogP contribution in [-0.2, 0) is 9.53 Å². The zero-order valence-electron chi connectivity index (χ0n) is 13.3. The maximum atomic E-state index is 12.4. The molecule has 1 N–H and O–H groups in total. The third-order valence-corrected chi connectivity index (χ3v) is 4.23. The first-order valence-electron chi connectivity index (χ1n) is 7.58. The molecule has 0 saturated heterocycles. The van der Waals surface area contributed by atoms with Crippen molar-refractivity contribution in [1.82, 2.24) is 5.32 Å². The summed E-state index contributed by atoms with van der Waals surface area (Å²) in [5.74, 6) is 0.334. The van der Waals surface area contributed by atoms with Crippen LogP contribution in [0.4, 0.5) is 0 Å².